The second kappa shape index (κ2) is 11.7. The Morgan fingerprint density at radius 1 is 0.967 bits per heavy atom. The van der Waals surface area contributed by atoms with E-state index in [-0.39, 0.29) is 24.0 Å². The molecule has 8 heteroatoms. The predicted molar refractivity (Wildman–Crippen MR) is 122 cm³/mol. The van der Waals surface area contributed by atoms with Gasteiger partial charge in [-0.3, -0.25) is 4.90 Å². The number of carboxylic acid groups (broad SMARTS) is 1. The number of aliphatic hydroxyl groups excluding tert-OH is 1. The SMILES string of the molecule is CN1C2CSCC1CC(O)C2.Cl.O.O=C(O)C(O)(c1ccccc1)c1ccccc1. The van der Waals surface area contributed by atoms with Crippen molar-refractivity contribution in [2.75, 3.05) is 18.6 Å². The average Bonchev–Trinajstić information content (AvgIpc) is 2.70. The van der Waals surface area contributed by atoms with E-state index in [1.54, 1.807) is 60.7 Å². The second-order valence-corrected chi connectivity index (χ2v) is 8.46. The average molecular weight is 456 g/mol. The van der Waals surface area contributed by atoms with Gasteiger partial charge in [0.2, 0.25) is 5.60 Å². The Morgan fingerprint density at radius 3 is 1.73 bits per heavy atom. The number of aliphatic carboxylic acids is 1. The summed E-state index contributed by atoms with van der Waals surface area (Å²) in [5, 5.41) is 29.2. The molecule has 2 bridgehead atoms. The first-order valence-electron chi connectivity index (χ1n) is 9.47. The van der Waals surface area contributed by atoms with Crippen LogP contribution in [0.1, 0.15) is 24.0 Å². The molecule has 2 aliphatic rings. The molecule has 2 aliphatic heterocycles. The number of halogens is 1. The lowest BCUT2D eigenvalue weighted by molar-refractivity contribution is -0.155. The molecule has 2 fully saturated rings. The van der Waals surface area contributed by atoms with Crippen molar-refractivity contribution in [2.45, 2.75) is 36.6 Å². The quantitative estimate of drug-likeness (QED) is 0.653. The molecule has 2 aromatic rings. The molecule has 2 heterocycles. The molecule has 0 saturated carbocycles. The summed E-state index contributed by atoms with van der Waals surface area (Å²) >= 11 is 2.04. The number of carboxylic acids is 1. The van der Waals surface area contributed by atoms with Crippen LogP contribution < -0.4 is 0 Å². The highest BCUT2D eigenvalue weighted by molar-refractivity contribution is 7.99. The molecular weight excluding hydrogens is 426 g/mol. The van der Waals surface area contributed by atoms with E-state index in [9.17, 15) is 20.1 Å². The van der Waals surface area contributed by atoms with Crippen molar-refractivity contribution in [2.24, 2.45) is 0 Å². The lowest BCUT2D eigenvalue weighted by atomic mass is 9.86. The summed E-state index contributed by atoms with van der Waals surface area (Å²) in [6, 6.07) is 18.0. The third-order valence-electron chi connectivity index (χ3n) is 5.55. The molecule has 2 atom stereocenters. The highest BCUT2D eigenvalue weighted by atomic mass is 35.5. The Morgan fingerprint density at radius 2 is 1.37 bits per heavy atom. The maximum Gasteiger partial charge on any atom is 0.345 e. The number of benzene rings is 2. The fourth-order valence-corrected chi connectivity index (χ4v) is 5.26. The Labute approximate surface area is 187 Å². The summed E-state index contributed by atoms with van der Waals surface area (Å²) in [5.41, 5.74) is -1.31. The number of hydrogen-bond donors (Lipinski definition) is 3. The molecular formula is C22H30ClNO5S. The maximum absolute atomic E-state index is 11.4. The lowest BCUT2D eigenvalue weighted by Crippen LogP contribution is -2.53. The Kier molecular flexibility index (Phi) is 10.3. The topological polar surface area (TPSA) is 112 Å². The molecule has 0 amide bonds. The molecule has 2 saturated heterocycles. The van der Waals surface area contributed by atoms with Gasteiger partial charge >= 0.3 is 5.97 Å². The number of piperidine rings is 1. The highest BCUT2D eigenvalue weighted by Crippen LogP contribution is 2.31. The Balaban J connectivity index is 0.000000302. The summed E-state index contributed by atoms with van der Waals surface area (Å²) < 4.78 is 0. The standard InChI is InChI=1S/C14H12O3.C8H15NOS.ClH.H2O/c15-13(16)14(17,11-7-3-1-4-8-11)12-9-5-2-6-10-12;1-9-6-2-8(10)3-7(9)5-11-4-6;;/h1-10,17H,(H,15,16);6-8,10H,2-5H2,1H3;1H;1H2. The van der Waals surface area contributed by atoms with Crippen molar-refractivity contribution in [3.05, 3.63) is 71.8 Å². The fraction of sp³-hybridized carbons (Fsp3) is 0.409. The maximum atomic E-state index is 11.4. The van der Waals surface area contributed by atoms with Crippen LogP contribution in [-0.2, 0) is 10.4 Å². The number of thioether (sulfide) groups is 1. The van der Waals surface area contributed by atoms with Gasteiger partial charge in [-0.15, -0.1) is 12.4 Å². The predicted octanol–water partition coefficient (Wildman–Crippen LogP) is 2.16. The van der Waals surface area contributed by atoms with Crippen molar-refractivity contribution in [1.29, 1.82) is 0 Å². The van der Waals surface area contributed by atoms with E-state index in [2.05, 4.69) is 11.9 Å². The van der Waals surface area contributed by atoms with E-state index in [1.807, 2.05) is 11.8 Å². The van der Waals surface area contributed by atoms with Gasteiger partial charge in [-0.05, 0) is 31.0 Å². The van der Waals surface area contributed by atoms with Crippen molar-refractivity contribution in [3.8, 4) is 0 Å². The van der Waals surface area contributed by atoms with E-state index in [0.29, 0.717) is 23.2 Å². The van der Waals surface area contributed by atoms with E-state index in [0.717, 1.165) is 12.8 Å². The first-order chi connectivity index (χ1) is 13.4. The number of hydrogen-bond acceptors (Lipinski definition) is 5. The zero-order valence-corrected chi connectivity index (χ0v) is 18.5. The first kappa shape index (κ1) is 26.4. The monoisotopic (exact) mass is 455 g/mol. The molecule has 0 spiro atoms. The van der Waals surface area contributed by atoms with Crippen LogP contribution in [0.5, 0.6) is 0 Å². The number of nitrogens with zero attached hydrogens (tertiary/aromatic N) is 1. The number of aliphatic hydroxyl groups is 2. The zero-order chi connectivity index (χ0) is 20.1. The van der Waals surface area contributed by atoms with Crippen molar-refractivity contribution in [3.63, 3.8) is 0 Å². The van der Waals surface area contributed by atoms with Gasteiger partial charge in [0.1, 0.15) is 0 Å². The highest BCUT2D eigenvalue weighted by Gasteiger charge is 2.39. The lowest BCUT2D eigenvalue weighted by Gasteiger charge is -2.45. The molecule has 2 aromatic carbocycles. The van der Waals surface area contributed by atoms with Gasteiger partial charge in [0.25, 0.3) is 0 Å². The molecule has 0 radical (unpaired) electrons. The van der Waals surface area contributed by atoms with Crippen LogP contribution in [0, 0.1) is 0 Å². The van der Waals surface area contributed by atoms with Crippen LogP contribution >= 0.6 is 24.2 Å². The van der Waals surface area contributed by atoms with Crippen LogP contribution in [0.2, 0.25) is 0 Å². The fourth-order valence-electron chi connectivity index (χ4n) is 3.84. The second-order valence-electron chi connectivity index (χ2n) is 7.38. The number of fused-ring (bicyclic) bond motifs is 2. The Bertz CT molecular complexity index is 726. The molecule has 6 nitrogen and oxygen atoms in total. The summed E-state index contributed by atoms with van der Waals surface area (Å²) in [6.45, 7) is 0. The molecule has 4 rings (SSSR count). The number of carbonyl (C=O) groups is 1. The molecule has 5 N–H and O–H groups in total. The summed E-state index contributed by atoms with van der Waals surface area (Å²) in [5.74, 6) is 1.14. The normalized spacial score (nSPS) is 23.1. The minimum absolute atomic E-state index is 0. The molecule has 0 aromatic heterocycles. The molecule has 30 heavy (non-hydrogen) atoms. The van der Waals surface area contributed by atoms with Gasteiger partial charge in [0.05, 0.1) is 6.10 Å². The van der Waals surface area contributed by atoms with Crippen molar-refractivity contribution < 1.29 is 25.6 Å². The minimum atomic E-state index is -2.00. The van der Waals surface area contributed by atoms with Crippen LogP contribution in [0.3, 0.4) is 0 Å². The van der Waals surface area contributed by atoms with Gasteiger partial charge in [-0.1, -0.05) is 60.7 Å². The van der Waals surface area contributed by atoms with Gasteiger partial charge < -0.3 is 20.8 Å². The Hall–Kier alpha value is -1.61. The van der Waals surface area contributed by atoms with E-state index in [4.69, 9.17) is 0 Å². The molecule has 2 unspecified atom stereocenters. The van der Waals surface area contributed by atoms with Crippen LogP contribution in [0.15, 0.2) is 60.7 Å². The van der Waals surface area contributed by atoms with Gasteiger partial charge in [0.15, 0.2) is 0 Å². The van der Waals surface area contributed by atoms with Crippen LogP contribution in [-0.4, -0.2) is 68.4 Å². The van der Waals surface area contributed by atoms with E-state index < -0.39 is 11.6 Å². The summed E-state index contributed by atoms with van der Waals surface area (Å²) in [6.07, 6.45) is 1.95. The van der Waals surface area contributed by atoms with E-state index in [1.165, 1.54) is 11.5 Å². The summed E-state index contributed by atoms with van der Waals surface area (Å²) in [4.78, 5) is 13.8. The summed E-state index contributed by atoms with van der Waals surface area (Å²) in [7, 11) is 2.20. The largest absolute Gasteiger partial charge is 0.479 e. The third-order valence-corrected chi connectivity index (χ3v) is 6.79. The van der Waals surface area contributed by atoms with Gasteiger partial charge in [-0.25, -0.2) is 4.79 Å². The van der Waals surface area contributed by atoms with Crippen molar-refractivity contribution >= 4 is 30.1 Å². The minimum Gasteiger partial charge on any atom is -0.479 e. The van der Waals surface area contributed by atoms with Crippen molar-refractivity contribution in [1.82, 2.24) is 4.90 Å². The number of rotatable bonds is 3. The van der Waals surface area contributed by atoms with Gasteiger partial charge in [-0.2, -0.15) is 11.8 Å². The zero-order valence-electron chi connectivity index (χ0n) is 16.8. The van der Waals surface area contributed by atoms with Crippen LogP contribution in [0.4, 0.5) is 0 Å². The first-order valence-corrected chi connectivity index (χ1v) is 10.6. The van der Waals surface area contributed by atoms with Gasteiger partial charge in [0, 0.05) is 23.6 Å². The molecule has 0 aliphatic carbocycles. The third kappa shape index (κ3) is 5.75. The molecule has 166 valence electrons. The smallest absolute Gasteiger partial charge is 0.345 e. The van der Waals surface area contributed by atoms with Crippen LogP contribution in [0.25, 0.3) is 0 Å². The van der Waals surface area contributed by atoms with E-state index >= 15 is 0 Å².